The Bertz CT molecular complexity index is 585. The SMILES string of the molecule is CNCc1cc(Oc2ncn(C)n2)nc(C(C)(C)C)c1. The zero-order valence-electron chi connectivity index (χ0n) is 12.6. The van der Waals surface area contributed by atoms with Crippen LogP contribution in [0.25, 0.3) is 0 Å². The van der Waals surface area contributed by atoms with Gasteiger partial charge >= 0.3 is 6.01 Å². The minimum Gasteiger partial charge on any atom is -0.404 e. The molecular weight excluding hydrogens is 254 g/mol. The average molecular weight is 275 g/mol. The van der Waals surface area contributed by atoms with E-state index in [1.54, 1.807) is 18.1 Å². The first-order valence-electron chi connectivity index (χ1n) is 6.58. The summed E-state index contributed by atoms with van der Waals surface area (Å²) in [7, 11) is 3.71. The van der Waals surface area contributed by atoms with Gasteiger partial charge in [0.05, 0.1) is 5.69 Å². The van der Waals surface area contributed by atoms with Gasteiger partial charge in [0.15, 0.2) is 0 Å². The van der Waals surface area contributed by atoms with Gasteiger partial charge in [-0.2, -0.15) is 4.98 Å². The topological polar surface area (TPSA) is 64.9 Å². The molecule has 2 rings (SSSR count). The molecule has 6 nitrogen and oxygen atoms in total. The minimum absolute atomic E-state index is 0.0423. The first-order valence-corrected chi connectivity index (χ1v) is 6.58. The lowest BCUT2D eigenvalue weighted by molar-refractivity contribution is 0.414. The Morgan fingerprint density at radius 3 is 2.60 bits per heavy atom. The van der Waals surface area contributed by atoms with E-state index in [0.29, 0.717) is 11.9 Å². The molecule has 0 aromatic carbocycles. The van der Waals surface area contributed by atoms with Crippen LogP contribution in [0.1, 0.15) is 32.0 Å². The van der Waals surface area contributed by atoms with Gasteiger partial charge in [-0.25, -0.2) is 4.98 Å². The van der Waals surface area contributed by atoms with Crippen molar-refractivity contribution >= 4 is 0 Å². The fourth-order valence-electron chi connectivity index (χ4n) is 1.76. The van der Waals surface area contributed by atoms with Crippen LogP contribution in [0, 0.1) is 0 Å². The molecule has 0 aliphatic rings. The van der Waals surface area contributed by atoms with Gasteiger partial charge in [-0.05, 0) is 18.7 Å². The lowest BCUT2D eigenvalue weighted by Gasteiger charge is -2.19. The number of hydrogen-bond donors (Lipinski definition) is 1. The number of rotatable bonds is 4. The van der Waals surface area contributed by atoms with E-state index in [2.05, 4.69) is 47.2 Å². The Labute approximate surface area is 119 Å². The maximum Gasteiger partial charge on any atom is 0.342 e. The number of hydrogen-bond acceptors (Lipinski definition) is 5. The smallest absolute Gasteiger partial charge is 0.342 e. The predicted octanol–water partition coefficient (Wildman–Crippen LogP) is 2.02. The maximum absolute atomic E-state index is 5.64. The van der Waals surface area contributed by atoms with Crippen LogP contribution in [-0.4, -0.2) is 26.8 Å². The van der Waals surface area contributed by atoms with Crippen molar-refractivity contribution in [2.45, 2.75) is 32.7 Å². The number of aromatic nitrogens is 4. The summed E-state index contributed by atoms with van der Waals surface area (Å²) in [5, 5.41) is 7.24. The summed E-state index contributed by atoms with van der Waals surface area (Å²) in [6.45, 7) is 7.14. The van der Waals surface area contributed by atoms with Crippen LogP contribution in [0.15, 0.2) is 18.5 Å². The van der Waals surface area contributed by atoms with Crippen molar-refractivity contribution in [2.75, 3.05) is 7.05 Å². The predicted molar refractivity (Wildman–Crippen MR) is 76.8 cm³/mol. The first kappa shape index (κ1) is 14.5. The molecule has 0 saturated heterocycles. The molecule has 2 aromatic rings. The van der Waals surface area contributed by atoms with Gasteiger partial charge in [-0.1, -0.05) is 20.8 Å². The van der Waals surface area contributed by atoms with Crippen LogP contribution in [-0.2, 0) is 19.0 Å². The Balaban J connectivity index is 2.33. The molecule has 2 heterocycles. The number of ether oxygens (including phenoxy) is 1. The minimum atomic E-state index is -0.0423. The van der Waals surface area contributed by atoms with E-state index in [-0.39, 0.29) is 5.41 Å². The summed E-state index contributed by atoms with van der Waals surface area (Å²) in [5.41, 5.74) is 2.06. The van der Waals surface area contributed by atoms with E-state index in [1.807, 2.05) is 13.1 Å². The molecule has 0 bridgehead atoms. The van der Waals surface area contributed by atoms with Gasteiger partial charge in [-0.3, -0.25) is 4.68 Å². The molecule has 0 unspecified atom stereocenters. The van der Waals surface area contributed by atoms with E-state index >= 15 is 0 Å². The quantitative estimate of drug-likeness (QED) is 0.924. The Morgan fingerprint density at radius 1 is 1.30 bits per heavy atom. The van der Waals surface area contributed by atoms with Crippen molar-refractivity contribution in [3.05, 3.63) is 29.7 Å². The van der Waals surface area contributed by atoms with E-state index in [9.17, 15) is 0 Å². The molecule has 20 heavy (non-hydrogen) atoms. The Kier molecular flexibility index (Phi) is 4.04. The first-order chi connectivity index (χ1) is 9.38. The molecule has 2 aromatic heterocycles. The molecule has 0 saturated carbocycles. The van der Waals surface area contributed by atoms with Crippen LogP contribution < -0.4 is 10.1 Å². The molecule has 108 valence electrons. The molecule has 6 heteroatoms. The van der Waals surface area contributed by atoms with Gasteiger partial charge in [-0.15, -0.1) is 5.10 Å². The summed E-state index contributed by atoms with van der Waals surface area (Å²) < 4.78 is 7.23. The second kappa shape index (κ2) is 5.58. The van der Waals surface area contributed by atoms with Gasteiger partial charge < -0.3 is 10.1 Å². The molecule has 0 aliphatic heterocycles. The molecule has 0 spiro atoms. The van der Waals surface area contributed by atoms with Crippen LogP contribution >= 0.6 is 0 Å². The van der Waals surface area contributed by atoms with Gasteiger partial charge in [0, 0.05) is 25.1 Å². The molecule has 0 radical (unpaired) electrons. The third kappa shape index (κ3) is 3.54. The normalized spacial score (nSPS) is 11.7. The summed E-state index contributed by atoms with van der Waals surface area (Å²) in [5.74, 6) is 0.522. The van der Waals surface area contributed by atoms with Crippen LogP contribution in [0.3, 0.4) is 0 Å². The largest absolute Gasteiger partial charge is 0.404 e. The second-order valence-electron chi connectivity index (χ2n) is 5.78. The number of nitrogens with zero attached hydrogens (tertiary/aromatic N) is 4. The average Bonchev–Trinajstić information content (AvgIpc) is 2.74. The second-order valence-corrected chi connectivity index (χ2v) is 5.78. The summed E-state index contributed by atoms with van der Waals surface area (Å²) >= 11 is 0. The lowest BCUT2D eigenvalue weighted by atomic mass is 9.91. The Morgan fingerprint density at radius 2 is 2.05 bits per heavy atom. The van der Waals surface area contributed by atoms with Crippen molar-refractivity contribution < 1.29 is 4.74 Å². The van der Waals surface area contributed by atoms with Crippen molar-refractivity contribution in [2.24, 2.45) is 7.05 Å². The zero-order valence-corrected chi connectivity index (χ0v) is 12.6. The van der Waals surface area contributed by atoms with Crippen LogP contribution in [0.2, 0.25) is 0 Å². The molecule has 0 amide bonds. The fraction of sp³-hybridized carbons (Fsp3) is 0.500. The van der Waals surface area contributed by atoms with E-state index < -0.39 is 0 Å². The van der Waals surface area contributed by atoms with Crippen molar-refractivity contribution in [1.82, 2.24) is 25.1 Å². The standard InChI is InChI=1S/C14H21N5O/c1-14(2,3)11-6-10(8-15-4)7-12(17-11)20-13-16-9-19(5)18-13/h6-7,9,15H,8H2,1-5H3. The molecule has 0 aliphatic carbocycles. The monoisotopic (exact) mass is 275 g/mol. The fourth-order valence-corrected chi connectivity index (χ4v) is 1.76. The maximum atomic E-state index is 5.64. The molecule has 0 fully saturated rings. The van der Waals surface area contributed by atoms with Crippen LogP contribution in [0.4, 0.5) is 0 Å². The van der Waals surface area contributed by atoms with Gasteiger partial charge in [0.1, 0.15) is 6.33 Å². The summed E-state index contributed by atoms with van der Waals surface area (Å²) in [4.78, 5) is 8.60. The van der Waals surface area contributed by atoms with E-state index in [4.69, 9.17) is 4.74 Å². The highest BCUT2D eigenvalue weighted by molar-refractivity contribution is 5.29. The molecule has 1 N–H and O–H groups in total. The van der Waals surface area contributed by atoms with E-state index in [1.165, 1.54) is 0 Å². The molecule has 0 atom stereocenters. The highest BCUT2D eigenvalue weighted by Crippen LogP contribution is 2.25. The lowest BCUT2D eigenvalue weighted by Crippen LogP contribution is -2.15. The summed E-state index contributed by atoms with van der Waals surface area (Å²) in [6.07, 6.45) is 1.59. The number of aryl methyl sites for hydroxylation is 1. The summed E-state index contributed by atoms with van der Waals surface area (Å²) in [6, 6.07) is 4.30. The highest BCUT2D eigenvalue weighted by atomic mass is 16.5. The Hall–Kier alpha value is -1.95. The zero-order chi connectivity index (χ0) is 14.8. The third-order valence-electron chi connectivity index (χ3n) is 2.79. The molecular formula is C14H21N5O. The van der Waals surface area contributed by atoms with Crippen molar-refractivity contribution in [3.8, 4) is 11.9 Å². The number of nitrogens with one attached hydrogen (secondary N) is 1. The van der Waals surface area contributed by atoms with Crippen molar-refractivity contribution in [1.29, 1.82) is 0 Å². The van der Waals surface area contributed by atoms with Gasteiger partial charge in [0.2, 0.25) is 5.88 Å². The third-order valence-corrected chi connectivity index (χ3v) is 2.79. The highest BCUT2D eigenvalue weighted by Gasteiger charge is 2.18. The van der Waals surface area contributed by atoms with E-state index in [0.717, 1.165) is 17.8 Å². The van der Waals surface area contributed by atoms with Crippen molar-refractivity contribution in [3.63, 3.8) is 0 Å². The number of pyridine rings is 1. The van der Waals surface area contributed by atoms with Crippen LogP contribution in [0.5, 0.6) is 11.9 Å². The van der Waals surface area contributed by atoms with Gasteiger partial charge in [0.25, 0.3) is 0 Å².